The molecule has 0 amide bonds. The maximum atomic E-state index is 3.67. The fraction of sp³-hybridized carbons (Fsp3) is 0. The van der Waals surface area contributed by atoms with Crippen molar-refractivity contribution in [2.75, 3.05) is 0 Å². The van der Waals surface area contributed by atoms with Crippen molar-refractivity contribution in [2.45, 2.75) is 0 Å². The predicted octanol–water partition coefficient (Wildman–Crippen LogP) is 0.699. The van der Waals surface area contributed by atoms with Crippen molar-refractivity contribution in [1.82, 2.24) is 9.97 Å². The minimum absolute atomic E-state index is 0. The van der Waals surface area contributed by atoms with Gasteiger partial charge in [-0.3, -0.25) is 9.97 Å². The largest absolute Gasteiger partial charge is 0.261 e. The molecular formula is C4H4ClN2. The molecule has 0 aliphatic carbocycles. The monoisotopic (exact) mass is 115 g/mol. The van der Waals surface area contributed by atoms with E-state index in [1.165, 1.54) is 6.20 Å². The van der Waals surface area contributed by atoms with Crippen molar-refractivity contribution in [3.8, 4) is 0 Å². The van der Waals surface area contributed by atoms with Crippen molar-refractivity contribution < 1.29 is 0 Å². The maximum absolute atomic E-state index is 3.67. The van der Waals surface area contributed by atoms with Crippen LogP contribution in [-0.4, -0.2) is 9.97 Å². The summed E-state index contributed by atoms with van der Waals surface area (Å²) in [7, 11) is 0. The number of aromatic nitrogens is 2. The first kappa shape index (κ1) is 6.37. The molecule has 1 radical (unpaired) electrons. The molecule has 0 fully saturated rings. The van der Waals surface area contributed by atoms with Gasteiger partial charge in [-0.15, -0.1) is 12.4 Å². The van der Waals surface area contributed by atoms with Crippen LogP contribution in [0, 0.1) is 6.20 Å². The quantitative estimate of drug-likeness (QED) is 0.498. The molecule has 1 rings (SSSR count). The Hall–Kier alpha value is -0.630. The molecule has 0 N–H and O–H groups in total. The number of hydrogen-bond acceptors (Lipinski definition) is 2. The molecule has 3 heteroatoms. The second-order valence-corrected chi connectivity index (χ2v) is 0.835. The first-order chi connectivity index (χ1) is 3.00. The molecule has 0 aliphatic rings. The minimum atomic E-state index is 0. The minimum Gasteiger partial charge on any atom is -0.261 e. The fourth-order valence-electron chi connectivity index (χ4n) is 0.225. The maximum Gasteiger partial charge on any atom is 0.108 e. The summed E-state index contributed by atoms with van der Waals surface area (Å²) in [4.78, 5) is 7.26. The second kappa shape index (κ2) is 3.56. The zero-order valence-electron chi connectivity index (χ0n) is 3.53. The molecule has 2 nitrogen and oxygen atoms in total. The summed E-state index contributed by atoms with van der Waals surface area (Å²) in [5.74, 6) is 0. The molecule has 37 valence electrons. The van der Waals surface area contributed by atoms with Crippen LogP contribution >= 0.6 is 12.4 Å². The van der Waals surface area contributed by atoms with Gasteiger partial charge in [0, 0.05) is 12.4 Å². The standard InChI is InChI=1S/C4H3N2.ClH/c1-2-6-4-3-5-1;/h1-3H;1H. The van der Waals surface area contributed by atoms with Gasteiger partial charge in [0.1, 0.15) is 6.20 Å². The lowest BCUT2D eigenvalue weighted by molar-refractivity contribution is 1.19. The van der Waals surface area contributed by atoms with E-state index in [1.54, 1.807) is 12.4 Å². The average Bonchev–Trinajstić information content (AvgIpc) is 1.72. The van der Waals surface area contributed by atoms with Crippen LogP contribution in [0.15, 0.2) is 18.6 Å². The molecule has 0 atom stereocenters. The Bertz CT molecular complexity index is 81.6. The van der Waals surface area contributed by atoms with Crippen LogP contribution in [0.4, 0.5) is 0 Å². The third-order valence-electron chi connectivity index (χ3n) is 0.434. The summed E-state index contributed by atoms with van der Waals surface area (Å²) in [5.41, 5.74) is 0. The van der Waals surface area contributed by atoms with E-state index in [0.29, 0.717) is 0 Å². The number of hydrogen-bond donors (Lipinski definition) is 0. The Balaban J connectivity index is 0.000000360. The Morgan fingerprint density at radius 2 is 2.14 bits per heavy atom. The van der Waals surface area contributed by atoms with Crippen LogP contribution in [0.2, 0.25) is 0 Å². The molecule has 0 spiro atoms. The van der Waals surface area contributed by atoms with E-state index in [0.717, 1.165) is 0 Å². The fourth-order valence-corrected chi connectivity index (χ4v) is 0.225. The molecule has 0 aliphatic heterocycles. The van der Waals surface area contributed by atoms with Crippen molar-refractivity contribution in [2.24, 2.45) is 0 Å². The van der Waals surface area contributed by atoms with Crippen molar-refractivity contribution in [3.05, 3.63) is 24.8 Å². The average molecular weight is 116 g/mol. The van der Waals surface area contributed by atoms with Gasteiger partial charge in [-0.2, -0.15) is 0 Å². The van der Waals surface area contributed by atoms with Gasteiger partial charge in [-0.05, 0) is 0 Å². The first-order valence-corrected chi connectivity index (χ1v) is 1.62. The predicted molar refractivity (Wildman–Crippen MR) is 28.1 cm³/mol. The van der Waals surface area contributed by atoms with Crippen molar-refractivity contribution >= 4 is 12.4 Å². The molecule has 0 saturated heterocycles. The number of halogens is 1. The lowest BCUT2D eigenvalue weighted by Gasteiger charge is -1.68. The smallest absolute Gasteiger partial charge is 0.108 e. The highest BCUT2D eigenvalue weighted by Gasteiger charge is 1.60. The first-order valence-electron chi connectivity index (χ1n) is 1.62. The Morgan fingerprint density at radius 1 is 1.29 bits per heavy atom. The Morgan fingerprint density at radius 3 is 2.29 bits per heavy atom. The molecule has 0 saturated carbocycles. The van der Waals surface area contributed by atoms with Crippen LogP contribution in [0.3, 0.4) is 0 Å². The molecule has 1 aromatic rings. The van der Waals surface area contributed by atoms with Gasteiger partial charge < -0.3 is 0 Å². The number of nitrogens with zero attached hydrogens (tertiary/aromatic N) is 2. The third kappa shape index (κ3) is 2.11. The zero-order chi connectivity index (χ0) is 4.24. The zero-order valence-corrected chi connectivity index (χ0v) is 4.35. The van der Waals surface area contributed by atoms with Crippen LogP contribution in [0.25, 0.3) is 0 Å². The van der Waals surface area contributed by atoms with Crippen LogP contribution in [0.1, 0.15) is 0 Å². The number of rotatable bonds is 0. The van der Waals surface area contributed by atoms with Gasteiger partial charge >= 0.3 is 0 Å². The lowest BCUT2D eigenvalue weighted by atomic mass is 10.8. The van der Waals surface area contributed by atoms with E-state index in [1.807, 2.05) is 0 Å². The molecule has 1 heterocycles. The molecule has 7 heavy (non-hydrogen) atoms. The summed E-state index contributed by atoms with van der Waals surface area (Å²) in [6.45, 7) is 0. The van der Waals surface area contributed by atoms with Crippen LogP contribution < -0.4 is 0 Å². The summed E-state index contributed by atoms with van der Waals surface area (Å²) in [6.07, 6.45) is 7.24. The molecule has 0 aromatic carbocycles. The van der Waals surface area contributed by atoms with Gasteiger partial charge in [0.2, 0.25) is 0 Å². The highest BCUT2D eigenvalue weighted by Crippen LogP contribution is 1.64. The summed E-state index contributed by atoms with van der Waals surface area (Å²) < 4.78 is 0. The normalized spacial score (nSPS) is 6.86. The van der Waals surface area contributed by atoms with Gasteiger partial charge in [-0.1, -0.05) is 0 Å². The van der Waals surface area contributed by atoms with E-state index in [4.69, 9.17) is 0 Å². The van der Waals surface area contributed by atoms with E-state index in [-0.39, 0.29) is 12.4 Å². The molecular weight excluding hydrogens is 112 g/mol. The van der Waals surface area contributed by atoms with Gasteiger partial charge in [0.05, 0.1) is 6.20 Å². The SMILES string of the molecule is Cl.[c]1cnccn1. The Labute approximate surface area is 48.0 Å². The topological polar surface area (TPSA) is 25.8 Å². The van der Waals surface area contributed by atoms with Crippen LogP contribution in [-0.2, 0) is 0 Å². The second-order valence-electron chi connectivity index (χ2n) is 0.835. The van der Waals surface area contributed by atoms with Crippen LogP contribution in [0.5, 0.6) is 0 Å². The van der Waals surface area contributed by atoms with Gasteiger partial charge in [0.15, 0.2) is 0 Å². The molecule has 0 bridgehead atoms. The summed E-state index contributed by atoms with van der Waals surface area (Å²) >= 11 is 0. The highest BCUT2D eigenvalue weighted by molar-refractivity contribution is 5.85. The summed E-state index contributed by atoms with van der Waals surface area (Å²) in [6, 6.07) is 0. The molecule has 0 unspecified atom stereocenters. The van der Waals surface area contributed by atoms with E-state index >= 15 is 0 Å². The van der Waals surface area contributed by atoms with Crippen molar-refractivity contribution in [1.29, 1.82) is 0 Å². The highest BCUT2D eigenvalue weighted by atomic mass is 35.5. The molecule has 1 aromatic heterocycles. The van der Waals surface area contributed by atoms with E-state index in [9.17, 15) is 0 Å². The summed E-state index contributed by atoms with van der Waals surface area (Å²) in [5, 5.41) is 0. The third-order valence-corrected chi connectivity index (χ3v) is 0.434. The van der Waals surface area contributed by atoms with Gasteiger partial charge in [0.25, 0.3) is 0 Å². The Kier molecular flexibility index (Phi) is 3.24. The van der Waals surface area contributed by atoms with Gasteiger partial charge in [-0.25, -0.2) is 0 Å². The van der Waals surface area contributed by atoms with E-state index < -0.39 is 0 Å². The lowest BCUT2D eigenvalue weighted by Crippen LogP contribution is -1.67. The van der Waals surface area contributed by atoms with Crippen molar-refractivity contribution in [3.63, 3.8) is 0 Å². The van der Waals surface area contributed by atoms with E-state index in [2.05, 4.69) is 16.2 Å².